The van der Waals surface area contributed by atoms with E-state index in [-0.39, 0.29) is 33.7 Å². The molecule has 8 heteroatoms. The molecule has 0 saturated carbocycles. The topological polar surface area (TPSA) is 155 Å². The maximum atomic E-state index is 13.5. The van der Waals surface area contributed by atoms with Gasteiger partial charge in [-0.15, -0.1) is 26.3 Å². The summed E-state index contributed by atoms with van der Waals surface area (Å²) in [6.07, 6.45) is 6.71. The lowest BCUT2D eigenvalue weighted by atomic mass is 9.59. The summed E-state index contributed by atoms with van der Waals surface area (Å²) in [5, 5.41) is 35.3. The number of primary amides is 1. The van der Waals surface area contributed by atoms with E-state index >= 15 is 0 Å². The highest BCUT2D eigenvalue weighted by atomic mass is 16.4. The highest BCUT2D eigenvalue weighted by Gasteiger charge is 2.57. The zero-order valence-corrected chi connectivity index (χ0v) is 24.0. The largest absolute Gasteiger partial charge is 0.481 e. The van der Waals surface area contributed by atoms with Crippen molar-refractivity contribution in [1.29, 1.82) is 0 Å². The van der Waals surface area contributed by atoms with Crippen molar-refractivity contribution in [3.8, 4) is 0 Å². The Balaban J connectivity index is 2.32. The van der Waals surface area contributed by atoms with Crippen LogP contribution < -0.4 is 11.0 Å². The number of allylic oxidation sites excluding steroid dienone is 4. The lowest BCUT2D eigenvalue weighted by Crippen LogP contribution is -2.51. The van der Waals surface area contributed by atoms with Gasteiger partial charge in [-0.05, 0) is 86.3 Å². The minimum Gasteiger partial charge on any atom is -0.481 e. The van der Waals surface area contributed by atoms with Gasteiger partial charge in [-0.25, -0.2) is 9.59 Å². The Morgan fingerprint density at radius 1 is 0.750 bits per heavy atom. The van der Waals surface area contributed by atoms with Crippen molar-refractivity contribution in [1.82, 2.24) is 0 Å². The summed E-state index contributed by atoms with van der Waals surface area (Å²) >= 11 is 0. The molecule has 0 bridgehead atoms. The molecule has 2 atom stereocenters. The number of amides is 1. The van der Waals surface area contributed by atoms with Crippen LogP contribution in [0.5, 0.6) is 0 Å². The fourth-order valence-corrected chi connectivity index (χ4v) is 7.17. The Labute approximate surface area is 252 Å². The summed E-state index contributed by atoms with van der Waals surface area (Å²) in [5.74, 6) is -7.47. The Hall–Kier alpha value is -5.50. The molecule has 1 aliphatic rings. The first-order valence-electron chi connectivity index (χ1n) is 14.0. The predicted molar refractivity (Wildman–Crippen MR) is 171 cm³/mol. The van der Waals surface area contributed by atoms with Gasteiger partial charge in [0.25, 0.3) is 0 Å². The number of hydrogen-bond acceptors (Lipinski definition) is 4. The molecule has 0 heterocycles. The fraction of sp³-hybridized carbons (Fsp3) is 0.167. The molecule has 1 amide bonds. The summed E-state index contributed by atoms with van der Waals surface area (Å²) in [6, 6.07) is 9.42. The number of fused-ring (bicyclic) bond motifs is 2. The van der Waals surface area contributed by atoms with Crippen LogP contribution in [-0.2, 0) is 33.6 Å². The molecule has 0 aliphatic heterocycles. The first kappa shape index (κ1) is 30.0. The summed E-state index contributed by atoms with van der Waals surface area (Å²) in [5.41, 5.74) is 4.65. The van der Waals surface area contributed by atoms with Gasteiger partial charge < -0.3 is 21.1 Å². The van der Waals surface area contributed by atoms with E-state index in [1.54, 1.807) is 18.2 Å². The van der Waals surface area contributed by atoms with Crippen LogP contribution in [0.25, 0.3) is 37.9 Å². The first-order chi connectivity index (χ1) is 21.0. The van der Waals surface area contributed by atoms with Crippen molar-refractivity contribution in [2.75, 3.05) is 0 Å². The van der Waals surface area contributed by atoms with E-state index in [1.165, 1.54) is 12.2 Å². The van der Waals surface area contributed by atoms with E-state index in [0.29, 0.717) is 29.0 Å². The zero-order valence-electron chi connectivity index (χ0n) is 24.0. The maximum Gasteiger partial charge on any atom is 0.336 e. The summed E-state index contributed by atoms with van der Waals surface area (Å²) < 4.78 is 0. The van der Waals surface area contributed by atoms with E-state index in [2.05, 4.69) is 26.3 Å². The van der Waals surface area contributed by atoms with E-state index in [0.717, 1.165) is 21.9 Å². The van der Waals surface area contributed by atoms with Gasteiger partial charge >= 0.3 is 17.9 Å². The average Bonchev–Trinajstić information content (AvgIpc) is 2.94. The van der Waals surface area contributed by atoms with E-state index in [9.17, 15) is 34.5 Å². The number of carboxylic acids is 3. The lowest BCUT2D eigenvalue weighted by Gasteiger charge is -2.40. The molecule has 5 N–H and O–H groups in total. The summed E-state index contributed by atoms with van der Waals surface area (Å²) in [7, 11) is 0. The van der Waals surface area contributed by atoms with Gasteiger partial charge in [-0.2, -0.15) is 0 Å². The van der Waals surface area contributed by atoms with Crippen LogP contribution in [0.2, 0.25) is 0 Å². The molecule has 222 valence electrons. The monoisotopic (exact) mass is 589 g/mol. The third-order valence-electron chi connectivity index (χ3n) is 8.59. The number of hydrogen-bond donors (Lipinski definition) is 4. The Morgan fingerprint density at radius 3 is 1.80 bits per heavy atom. The molecule has 0 aromatic heterocycles. The molecule has 0 radical (unpaired) electrons. The number of carbonyl (C=O) groups is 4. The number of rotatable bonds is 12. The quantitative estimate of drug-likeness (QED) is 0.100. The molecule has 8 nitrogen and oxygen atoms in total. The van der Waals surface area contributed by atoms with Gasteiger partial charge in [0.2, 0.25) is 5.91 Å². The Bertz CT molecular complexity index is 2060. The number of aliphatic carboxylic acids is 2. The minimum atomic E-state index is -2.46. The molecule has 1 aliphatic carbocycles. The summed E-state index contributed by atoms with van der Waals surface area (Å²) in [6.45, 7) is 15.1. The van der Waals surface area contributed by atoms with E-state index < -0.39 is 47.1 Å². The molecule has 0 spiro atoms. The van der Waals surface area contributed by atoms with Gasteiger partial charge in [0.05, 0.1) is 17.1 Å². The molecular formula is C36H31NO7. The standard InChI is InChI=1S/C36H31NO7/c1-5-9-18-13-21-14-19(10-6-2)16-24-25(21)22(15-18)23-17-20(11-7-3)26(33(39)40)29-27(23)28(24)30(32(37)38)36(12-8-4,35(43)44)31(29)34(41)42/h5-8,13-17,30H,1-4,9-12H2,(H2,37,38)(H,39,40)(H,41,42)(H,43,44). The highest BCUT2D eigenvalue weighted by molar-refractivity contribution is 6.30. The van der Waals surface area contributed by atoms with Gasteiger partial charge in [0.15, 0.2) is 0 Å². The van der Waals surface area contributed by atoms with Crippen LogP contribution in [0, 0.1) is 5.41 Å². The van der Waals surface area contributed by atoms with Crippen molar-refractivity contribution in [2.45, 2.75) is 31.6 Å². The third-order valence-corrected chi connectivity index (χ3v) is 8.59. The SMILES string of the molecule is C=CCc1cc2cc(CC=C)cc3c4cc(CC=C)c(C(=O)O)c5c4c(c(c1)c23)C(C(N)=O)C(CC=C)(C(=O)O)C=5C(=O)O. The molecule has 2 unspecified atom stereocenters. The smallest absolute Gasteiger partial charge is 0.336 e. The second-order valence-corrected chi connectivity index (χ2v) is 11.1. The molecule has 4 aromatic rings. The van der Waals surface area contributed by atoms with Crippen molar-refractivity contribution in [3.63, 3.8) is 0 Å². The van der Waals surface area contributed by atoms with Crippen molar-refractivity contribution >= 4 is 61.7 Å². The number of benzene rings is 4. The average molecular weight is 590 g/mol. The van der Waals surface area contributed by atoms with E-state index in [4.69, 9.17) is 5.73 Å². The van der Waals surface area contributed by atoms with Crippen LogP contribution in [-0.4, -0.2) is 39.1 Å². The molecule has 44 heavy (non-hydrogen) atoms. The predicted octanol–water partition coefficient (Wildman–Crippen LogP) is 5.21. The van der Waals surface area contributed by atoms with Crippen LogP contribution in [0.1, 0.15) is 45.0 Å². The van der Waals surface area contributed by atoms with Crippen molar-refractivity contribution in [3.05, 3.63) is 114 Å². The highest BCUT2D eigenvalue weighted by Crippen LogP contribution is 2.54. The van der Waals surface area contributed by atoms with Crippen molar-refractivity contribution in [2.24, 2.45) is 11.1 Å². The maximum absolute atomic E-state index is 13.5. The van der Waals surface area contributed by atoms with Gasteiger partial charge in [-0.3, -0.25) is 9.59 Å². The molecule has 0 saturated heterocycles. The normalized spacial score (nSPS) is 17.5. The number of nitrogens with two attached hydrogens (primary N) is 1. The zero-order chi connectivity index (χ0) is 32.1. The molecular weight excluding hydrogens is 558 g/mol. The Kier molecular flexibility index (Phi) is 7.47. The van der Waals surface area contributed by atoms with E-state index in [1.807, 2.05) is 24.3 Å². The van der Waals surface area contributed by atoms with Crippen LogP contribution >= 0.6 is 0 Å². The Morgan fingerprint density at radius 2 is 1.32 bits per heavy atom. The molecule has 4 aromatic carbocycles. The number of carboxylic acid groups (broad SMARTS) is 3. The van der Waals surface area contributed by atoms with Crippen LogP contribution in [0.3, 0.4) is 0 Å². The molecule has 0 fully saturated rings. The number of carbonyl (C=O) groups excluding carboxylic acids is 1. The first-order valence-corrected chi connectivity index (χ1v) is 14.0. The number of aromatic carboxylic acids is 1. The summed E-state index contributed by atoms with van der Waals surface area (Å²) in [4.78, 5) is 53.2. The third kappa shape index (κ3) is 4.13. The van der Waals surface area contributed by atoms with Gasteiger partial charge in [0, 0.05) is 5.22 Å². The second-order valence-electron chi connectivity index (χ2n) is 11.1. The van der Waals surface area contributed by atoms with Crippen LogP contribution in [0.4, 0.5) is 0 Å². The van der Waals surface area contributed by atoms with Gasteiger partial charge in [0.1, 0.15) is 5.41 Å². The van der Waals surface area contributed by atoms with Gasteiger partial charge in [-0.1, -0.05) is 48.6 Å². The minimum absolute atomic E-state index is 0.0611. The van der Waals surface area contributed by atoms with Crippen LogP contribution in [0.15, 0.2) is 81.0 Å². The molecule has 5 rings (SSSR count). The fourth-order valence-electron chi connectivity index (χ4n) is 7.17. The second kappa shape index (κ2) is 11.0. The lowest BCUT2D eigenvalue weighted by molar-refractivity contribution is -0.151. The van der Waals surface area contributed by atoms with Crippen molar-refractivity contribution < 1.29 is 34.5 Å².